The molecule has 0 heterocycles. The summed E-state index contributed by atoms with van der Waals surface area (Å²) in [4.78, 5) is 11.6. The van der Waals surface area contributed by atoms with Gasteiger partial charge in [-0.2, -0.15) is 0 Å². The number of methoxy groups -OCH3 is 1. The van der Waals surface area contributed by atoms with Crippen LogP contribution in [0, 0.1) is 11.8 Å². The highest BCUT2D eigenvalue weighted by Gasteiger charge is 2.66. The van der Waals surface area contributed by atoms with E-state index in [4.69, 9.17) is 4.74 Å². The molecule has 66 valence electrons. The molecule has 1 saturated carbocycles. The van der Waals surface area contributed by atoms with E-state index in [0.717, 1.165) is 6.42 Å². The summed E-state index contributed by atoms with van der Waals surface area (Å²) in [5.41, 5.74) is 0. The normalized spacial score (nSPS) is 36.9. The Bertz CT molecular complexity index is 270. The zero-order valence-electron chi connectivity index (χ0n) is 6.51. The monoisotopic (exact) mass is 294 g/mol. The lowest BCUT2D eigenvalue weighted by Crippen LogP contribution is -2.12. The molecule has 0 radical (unpaired) electrons. The Morgan fingerprint density at radius 3 is 2.92 bits per heavy atom. The van der Waals surface area contributed by atoms with Gasteiger partial charge in [-0.1, -0.05) is 31.9 Å². The third kappa shape index (κ3) is 1.01. The molecule has 0 amide bonds. The molecule has 1 fully saturated rings. The maximum Gasteiger partial charge on any atom is 0.202 e. The van der Waals surface area contributed by atoms with Gasteiger partial charge in [0.2, 0.25) is 5.78 Å². The SMILES string of the molecule is COC1=CCC2C(C1=O)C2(Br)Br. The van der Waals surface area contributed by atoms with Crippen LogP contribution in [0.2, 0.25) is 0 Å². The standard InChI is InChI=1S/C8H8Br2O2/c1-12-5-3-2-4-6(7(5)11)8(4,9)10/h3-4,6H,2H2,1H3. The van der Waals surface area contributed by atoms with Crippen molar-refractivity contribution in [3.63, 3.8) is 0 Å². The number of alkyl halides is 2. The van der Waals surface area contributed by atoms with Crippen LogP contribution in [0.25, 0.3) is 0 Å². The van der Waals surface area contributed by atoms with Crippen LogP contribution in [0.15, 0.2) is 11.8 Å². The molecule has 2 unspecified atom stereocenters. The second-order valence-corrected chi connectivity index (χ2v) is 6.82. The predicted octanol–water partition coefficient (Wildman–Crippen LogP) is 2.22. The summed E-state index contributed by atoms with van der Waals surface area (Å²) in [6.45, 7) is 0. The van der Waals surface area contributed by atoms with Gasteiger partial charge in [0.05, 0.1) is 16.3 Å². The first-order chi connectivity index (χ1) is 5.59. The predicted molar refractivity (Wildman–Crippen MR) is 52.3 cm³/mol. The molecule has 2 aliphatic rings. The van der Waals surface area contributed by atoms with Crippen molar-refractivity contribution < 1.29 is 9.53 Å². The van der Waals surface area contributed by atoms with Gasteiger partial charge in [-0.15, -0.1) is 0 Å². The summed E-state index contributed by atoms with van der Waals surface area (Å²) in [5.74, 6) is 1.10. The van der Waals surface area contributed by atoms with Gasteiger partial charge in [-0.3, -0.25) is 4.79 Å². The Balaban J connectivity index is 2.23. The average molecular weight is 296 g/mol. The maximum absolute atomic E-state index is 11.6. The zero-order chi connectivity index (χ0) is 8.93. The van der Waals surface area contributed by atoms with Gasteiger partial charge in [0, 0.05) is 5.92 Å². The third-order valence-corrected chi connectivity index (χ3v) is 4.67. The van der Waals surface area contributed by atoms with Crippen LogP contribution in [0.5, 0.6) is 0 Å². The molecule has 0 saturated heterocycles. The molecule has 0 aromatic carbocycles. The van der Waals surface area contributed by atoms with Crippen molar-refractivity contribution in [2.45, 2.75) is 9.65 Å². The minimum atomic E-state index is -0.159. The van der Waals surface area contributed by atoms with Gasteiger partial charge in [0.1, 0.15) is 0 Å². The molecule has 4 heteroatoms. The Morgan fingerprint density at radius 1 is 1.67 bits per heavy atom. The molecule has 12 heavy (non-hydrogen) atoms. The lowest BCUT2D eigenvalue weighted by Gasteiger charge is -2.07. The summed E-state index contributed by atoms with van der Waals surface area (Å²) in [5, 5.41) is 0. The quantitative estimate of drug-likeness (QED) is 0.694. The molecule has 0 N–H and O–H groups in total. The maximum atomic E-state index is 11.6. The molecule has 2 nitrogen and oxygen atoms in total. The Hall–Kier alpha value is 0.170. The van der Waals surface area contributed by atoms with E-state index in [1.54, 1.807) is 0 Å². The van der Waals surface area contributed by atoms with Crippen molar-refractivity contribution in [2.24, 2.45) is 11.8 Å². The highest BCUT2D eigenvalue weighted by molar-refractivity contribution is 9.25. The first-order valence-electron chi connectivity index (χ1n) is 3.75. The fourth-order valence-corrected chi connectivity index (χ4v) is 3.40. The van der Waals surface area contributed by atoms with Crippen LogP contribution in [-0.2, 0) is 9.53 Å². The van der Waals surface area contributed by atoms with Crippen molar-refractivity contribution in [3.8, 4) is 0 Å². The number of rotatable bonds is 1. The van der Waals surface area contributed by atoms with Crippen molar-refractivity contribution in [1.82, 2.24) is 0 Å². The highest BCUT2D eigenvalue weighted by Crippen LogP contribution is 2.65. The highest BCUT2D eigenvalue weighted by atomic mass is 79.9. The van der Waals surface area contributed by atoms with E-state index in [2.05, 4.69) is 31.9 Å². The molecular formula is C8H8Br2O2. The van der Waals surface area contributed by atoms with Crippen molar-refractivity contribution >= 4 is 37.6 Å². The van der Waals surface area contributed by atoms with E-state index < -0.39 is 0 Å². The van der Waals surface area contributed by atoms with Crippen molar-refractivity contribution in [2.75, 3.05) is 7.11 Å². The largest absolute Gasteiger partial charge is 0.493 e. The minimum Gasteiger partial charge on any atom is -0.493 e. The topological polar surface area (TPSA) is 26.3 Å². The summed E-state index contributed by atoms with van der Waals surface area (Å²) >= 11 is 6.97. The fraction of sp³-hybridized carbons (Fsp3) is 0.625. The number of hydrogen-bond donors (Lipinski definition) is 0. The van der Waals surface area contributed by atoms with Gasteiger partial charge in [-0.25, -0.2) is 0 Å². The second-order valence-electron chi connectivity index (χ2n) is 3.13. The van der Waals surface area contributed by atoms with Crippen LogP contribution >= 0.6 is 31.9 Å². The molecule has 0 bridgehead atoms. The van der Waals surface area contributed by atoms with Gasteiger partial charge in [0.25, 0.3) is 0 Å². The van der Waals surface area contributed by atoms with Gasteiger partial charge >= 0.3 is 0 Å². The van der Waals surface area contributed by atoms with Crippen molar-refractivity contribution in [3.05, 3.63) is 11.8 Å². The summed E-state index contributed by atoms with van der Waals surface area (Å²) < 4.78 is 4.80. The van der Waals surface area contributed by atoms with E-state index in [1.165, 1.54) is 7.11 Å². The number of hydrogen-bond acceptors (Lipinski definition) is 2. The molecule has 0 spiro atoms. The summed E-state index contributed by atoms with van der Waals surface area (Å²) in [6, 6.07) is 0. The van der Waals surface area contributed by atoms with E-state index in [1.807, 2.05) is 6.08 Å². The van der Waals surface area contributed by atoms with Gasteiger partial charge < -0.3 is 4.74 Å². The number of ether oxygens (including phenoxy) is 1. The van der Waals surface area contributed by atoms with Crippen LogP contribution in [0.1, 0.15) is 6.42 Å². The van der Waals surface area contributed by atoms with Gasteiger partial charge in [-0.05, 0) is 12.5 Å². The molecule has 2 rings (SSSR count). The van der Waals surface area contributed by atoms with E-state index in [0.29, 0.717) is 11.7 Å². The number of halogens is 2. The van der Waals surface area contributed by atoms with Crippen LogP contribution in [0.4, 0.5) is 0 Å². The fourth-order valence-electron chi connectivity index (χ4n) is 1.71. The molecule has 0 aliphatic heterocycles. The van der Waals surface area contributed by atoms with E-state index in [-0.39, 0.29) is 14.9 Å². The number of carbonyl (C=O) groups excluding carboxylic acids is 1. The Morgan fingerprint density at radius 2 is 2.33 bits per heavy atom. The number of Topliss-reactive ketones (excluding diaryl/α,β-unsaturated/α-hetero) is 1. The smallest absolute Gasteiger partial charge is 0.202 e. The van der Waals surface area contributed by atoms with Crippen LogP contribution < -0.4 is 0 Å². The molecular weight excluding hydrogens is 288 g/mol. The average Bonchev–Trinajstić information content (AvgIpc) is 2.56. The number of allylic oxidation sites excluding steroid dienone is 2. The first-order valence-corrected chi connectivity index (χ1v) is 5.33. The lowest BCUT2D eigenvalue weighted by atomic mass is 10.1. The zero-order valence-corrected chi connectivity index (χ0v) is 9.68. The number of fused-ring (bicyclic) bond motifs is 1. The molecule has 2 atom stereocenters. The number of carbonyl (C=O) groups is 1. The third-order valence-electron chi connectivity index (χ3n) is 2.50. The van der Waals surface area contributed by atoms with Crippen LogP contribution in [-0.4, -0.2) is 16.1 Å². The van der Waals surface area contributed by atoms with Crippen LogP contribution in [0.3, 0.4) is 0 Å². The van der Waals surface area contributed by atoms with Crippen molar-refractivity contribution in [1.29, 1.82) is 0 Å². The minimum absolute atomic E-state index is 0.0671. The lowest BCUT2D eigenvalue weighted by molar-refractivity contribution is -0.120. The van der Waals surface area contributed by atoms with Gasteiger partial charge in [0.15, 0.2) is 5.76 Å². The van der Waals surface area contributed by atoms with E-state index >= 15 is 0 Å². The number of ketones is 1. The molecule has 0 aromatic heterocycles. The summed E-state index contributed by atoms with van der Waals surface area (Å²) in [6.07, 6.45) is 2.78. The first kappa shape index (κ1) is 8.75. The molecule has 2 aliphatic carbocycles. The van der Waals surface area contributed by atoms with E-state index in [9.17, 15) is 4.79 Å². The summed E-state index contributed by atoms with van der Waals surface area (Å²) in [7, 11) is 1.54. The Kier molecular flexibility index (Phi) is 1.88. The Labute approximate surface area is 87.6 Å². The molecule has 0 aromatic rings. The second kappa shape index (κ2) is 2.58.